The summed E-state index contributed by atoms with van der Waals surface area (Å²) < 4.78 is 0. The second kappa shape index (κ2) is 8.94. The monoisotopic (exact) mass is 295 g/mol. The Morgan fingerprint density at radius 1 is 1.48 bits per heavy atom. The van der Waals surface area contributed by atoms with E-state index in [4.69, 9.17) is 10.4 Å². The standard InChI is InChI=1S/C13H21N5O3/c1-10(13(20)21)17-9-11(8-14)12(19)16-4-7-18-5-2-15-3-6-18/h9-10,15,17H,2-7H2,1H3,(H,16,19)(H,20,21)/b11-9-. The Morgan fingerprint density at radius 2 is 2.14 bits per heavy atom. The van der Waals surface area contributed by atoms with Gasteiger partial charge in [0.1, 0.15) is 17.7 Å². The molecule has 0 aromatic carbocycles. The molecule has 8 heteroatoms. The van der Waals surface area contributed by atoms with Gasteiger partial charge in [0.2, 0.25) is 0 Å². The fourth-order valence-corrected chi connectivity index (χ4v) is 1.79. The van der Waals surface area contributed by atoms with Gasteiger partial charge in [0.15, 0.2) is 0 Å². The summed E-state index contributed by atoms with van der Waals surface area (Å²) in [4.78, 5) is 24.6. The second-order valence-electron chi connectivity index (χ2n) is 4.74. The third-order valence-electron chi connectivity index (χ3n) is 3.14. The molecule has 0 radical (unpaired) electrons. The zero-order valence-electron chi connectivity index (χ0n) is 12.1. The van der Waals surface area contributed by atoms with E-state index in [0.29, 0.717) is 6.54 Å². The van der Waals surface area contributed by atoms with E-state index in [9.17, 15) is 9.59 Å². The van der Waals surface area contributed by atoms with E-state index in [1.807, 2.05) is 0 Å². The van der Waals surface area contributed by atoms with Crippen molar-refractivity contribution in [1.29, 1.82) is 5.26 Å². The largest absolute Gasteiger partial charge is 0.480 e. The summed E-state index contributed by atoms with van der Waals surface area (Å²) in [5.41, 5.74) is -0.136. The fourth-order valence-electron chi connectivity index (χ4n) is 1.79. The first kappa shape index (κ1) is 16.9. The van der Waals surface area contributed by atoms with Crippen LogP contribution in [0.25, 0.3) is 0 Å². The second-order valence-corrected chi connectivity index (χ2v) is 4.74. The van der Waals surface area contributed by atoms with Crippen molar-refractivity contribution >= 4 is 11.9 Å². The molecule has 0 aromatic heterocycles. The molecule has 4 N–H and O–H groups in total. The SMILES string of the molecule is CC(N/C=C(/C#N)C(=O)NCCN1CCNCC1)C(=O)O. The molecule has 1 saturated heterocycles. The van der Waals surface area contributed by atoms with Crippen molar-refractivity contribution in [1.82, 2.24) is 20.9 Å². The van der Waals surface area contributed by atoms with Crippen LogP contribution < -0.4 is 16.0 Å². The molecule has 1 rings (SSSR count). The van der Waals surface area contributed by atoms with Gasteiger partial charge >= 0.3 is 5.97 Å². The number of hydrogen-bond donors (Lipinski definition) is 4. The van der Waals surface area contributed by atoms with Crippen LogP contribution in [0.5, 0.6) is 0 Å². The van der Waals surface area contributed by atoms with Crippen LogP contribution in [-0.4, -0.2) is 67.2 Å². The van der Waals surface area contributed by atoms with E-state index in [1.165, 1.54) is 6.92 Å². The molecule has 1 amide bonds. The maximum absolute atomic E-state index is 11.8. The Bertz CT molecular complexity index is 438. The first-order valence-electron chi connectivity index (χ1n) is 6.85. The number of aliphatic carboxylic acids is 1. The molecule has 1 fully saturated rings. The molecule has 1 heterocycles. The summed E-state index contributed by atoms with van der Waals surface area (Å²) in [5, 5.41) is 26.0. The minimum atomic E-state index is -1.05. The number of carboxylic acids is 1. The van der Waals surface area contributed by atoms with Crippen molar-refractivity contribution in [2.75, 3.05) is 39.3 Å². The van der Waals surface area contributed by atoms with E-state index in [0.717, 1.165) is 38.9 Å². The number of amides is 1. The number of nitrogens with zero attached hydrogens (tertiary/aromatic N) is 2. The summed E-state index contributed by atoms with van der Waals surface area (Å²) in [5.74, 6) is -1.56. The Morgan fingerprint density at radius 3 is 2.71 bits per heavy atom. The minimum Gasteiger partial charge on any atom is -0.480 e. The maximum Gasteiger partial charge on any atom is 0.325 e. The van der Waals surface area contributed by atoms with E-state index in [1.54, 1.807) is 6.07 Å². The number of carboxylic acid groups (broad SMARTS) is 1. The van der Waals surface area contributed by atoms with Crippen LogP contribution in [0, 0.1) is 11.3 Å². The lowest BCUT2D eigenvalue weighted by Gasteiger charge is -2.27. The molecule has 1 aliphatic heterocycles. The fraction of sp³-hybridized carbons (Fsp3) is 0.615. The molecule has 0 saturated carbocycles. The van der Waals surface area contributed by atoms with Gasteiger partial charge in [0.05, 0.1) is 0 Å². The van der Waals surface area contributed by atoms with Crippen LogP contribution in [-0.2, 0) is 9.59 Å². The maximum atomic E-state index is 11.8. The number of rotatable bonds is 7. The normalized spacial score (nSPS) is 17.6. The molecule has 21 heavy (non-hydrogen) atoms. The zero-order valence-corrected chi connectivity index (χ0v) is 12.1. The Hall–Kier alpha value is -2.11. The molecule has 8 nitrogen and oxygen atoms in total. The van der Waals surface area contributed by atoms with Crippen LogP contribution in [0.4, 0.5) is 0 Å². The Labute approximate surface area is 123 Å². The number of carbonyl (C=O) groups is 2. The summed E-state index contributed by atoms with van der Waals surface area (Å²) in [6.07, 6.45) is 1.14. The molecule has 1 atom stereocenters. The number of piperazine rings is 1. The van der Waals surface area contributed by atoms with E-state index < -0.39 is 17.9 Å². The number of nitriles is 1. The predicted molar refractivity (Wildman–Crippen MR) is 76.2 cm³/mol. The van der Waals surface area contributed by atoms with Crippen LogP contribution in [0.3, 0.4) is 0 Å². The van der Waals surface area contributed by atoms with Crippen LogP contribution >= 0.6 is 0 Å². The van der Waals surface area contributed by atoms with Crippen LogP contribution in [0.2, 0.25) is 0 Å². The highest BCUT2D eigenvalue weighted by atomic mass is 16.4. The van der Waals surface area contributed by atoms with Gasteiger partial charge in [-0.15, -0.1) is 0 Å². The van der Waals surface area contributed by atoms with Crippen molar-refractivity contribution in [3.05, 3.63) is 11.8 Å². The number of carbonyl (C=O) groups excluding carboxylic acids is 1. The van der Waals surface area contributed by atoms with Crippen LogP contribution in [0.15, 0.2) is 11.8 Å². The van der Waals surface area contributed by atoms with Gasteiger partial charge in [-0.05, 0) is 6.92 Å². The van der Waals surface area contributed by atoms with Crippen LogP contribution in [0.1, 0.15) is 6.92 Å². The highest BCUT2D eigenvalue weighted by molar-refractivity contribution is 5.97. The third kappa shape index (κ3) is 6.25. The topological polar surface area (TPSA) is 117 Å². The Kier molecular flexibility index (Phi) is 7.21. The highest BCUT2D eigenvalue weighted by Crippen LogP contribution is 1.94. The Balaban J connectivity index is 2.35. The van der Waals surface area contributed by atoms with Gasteiger partial charge in [0.25, 0.3) is 5.91 Å². The van der Waals surface area contributed by atoms with E-state index in [2.05, 4.69) is 20.9 Å². The average Bonchev–Trinajstić information content (AvgIpc) is 2.48. The highest BCUT2D eigenvalue weighted by Gasteiger charge is 2.13. The lowest BCUT2D eigenvalue weighted by atomic mass is 10.2. The minimum absolute atomic E-state index is 0.136. The van der Waals surface area contributed by atoms with Gasteiger partial charge in [-0.3, -0.25) is 14.5 Å². The summed E-state index contributed by atoms with van der Waals surface area (Å²) in [6.45, 7) is 6.36. The van der Waals surface area contributed by atoms with E-state index >= 15 is 0 Å². The summed E-state index contributed by atoms with van der Waals surface area (Å²) in [6, 6.07) is 0.895. The molecule has 0 aromatic rings. The third-order valence-corrected chi connectivity index (χ3v) is 3.14. The quantitative estimate of drug-likeness (QED) is 0.333. The molecule has 1 unspecified atom stereocenters. The van der Waals surface area contributed by atoms with Crippen molar-refractivity contribution in [2.24, 2.45) is 0 Å². The van der Waals surface area contributed by atoms with Crippen molar-refractivity contribution < 1.29 is 14.7 Å². The van der Waals surface area contributed by atoms with Gasteiger partial charge in [-0.25, -0.2) is 0 Å². The van der Waals surface area contributed by atoms with Crippen molar-refractivity contribution in [2.45, 2.75) is 13.0 Å². The van der Waals surface area contributed by atoms with Crippen molar-refractivity contribution in [3.63, 3.8) is 0 Å². The van der Waals surface area contributed by atoms with Gasteiger partial charge in [-0.2, -0.15) is 5.26 Å². The predicted octanol–water partition coefficient (Wildman–Crippen LogP) is -1.52. The number of hydrogen-bond acceptors (Lipinski definition) is 6. The average molecular weight is 295 g/mol. The molecular formula is C13H21N5O3. The van der Waals surface area contributed by atoms with E-state index in [-0.39, 0.29) is 5.57 Å². The summed E-state index contributed by atoms with van der Waals surface area (Å²) in [7, 11) is 0. The lowest BCUT2D eigenvalue weighted by Crippen LogP contribution is -2.46. The smallest absolute Gasteiger partial charge is 0.325 e. The summed E-state index contributed by atoms with van der Waals surface area (Å²) >= 11 is 0. The van der Waals surface area contributed by atoms with Gasteiger partial charge in [-0.1, -0.05) is 0 Å². The van der Waals surface area contributed by atoms with Gasteiger partial charge < -0.3 is 21.1 Å². The van der Waals surface area contributed by atoms with Gasteiger partial charge in [0, 0.05) is 45.5 Å². The molecule has 0 bridgehead atoms. The molecule has 1 aliphatic rings. The molecule has 0 aliphatic carbocycles. The molecule has 116 valence electrons. The first-order valence-corrected chi connectivity index (χ1v) is 6.85. The first-order chi connectivity index (χ1) is 10.0. The zero-order chi connectivity index (χ0) is 15.7. The molecule has 0 spiro atoms. The van der Waals surface area contributed by atoms with Crippen molar-refractivity contribution in [3.8, 4) is 6.07 Å². The molecular weight excluding hydrogens is 274 g/mol. The number of nitrogens with one attached hydrogen (secondary N) is 3. The lowest BCUT2D eigenvalue weighted by molar-refractivity contribution is -0.138.